The summed E-state index contributed by atoms with van der Waals surface area (Å²) in [5.74, 6) is -0.717. The van der Waals surface area contributed by atoms with Gasteiger partial charge in [0.25, 0.3) is 11.7 Å². The lowest BCUT2D eigenvalue weighted by atomic mass is 9.98. The van der Waals surface area contributed by atoms with Gasteiger partial charge in [0.2, 0.25) is 0 Å². The molecule has 1 amide bonds. The molecule has 0 aliphatic carbocycles. The second kappa shape index (κ2) is 7.55. The van der Waals surface area contributed by atoms with E-state index in [2.05, 4.69) is 0 Å². The standard InChI is InChI=1S/C24H21NO5/c1-14-6-4-7-18(15(14)2)25-21(19-8-5-13-30-19)20(23(27)24(25)28)22(26)16-9-11-17(29-3)12-10-16/h4-13,21,26H,1-3H3/b22-20-. The Morgan fingerprint density at radius 2 is 1.77 bits per heavy atom. The molecule has 4 rings (SSSR count). The fourth-order valence-electron chi connectivity index (χ4n) is 3.70. The van der Waals surface area contributed by atoms with Crippen LogP contribution in [-0.4, -0.2) is 23.9 Å². The van der Waals surface area contributed by atoms with Crippen LogP contribution in [0.5, 0.6) is 5.75 Å². The maximum Gasteiger partial charge on any atom is 0.300 e. The number of hydrogen-bond donors (Lipinski definition) is 1. The molecule has 6 heteroatoms. The SMILES string of the molecule is COc1ccc(/C(O)=C2/C(=O)C(=O)N(c3cccc(C)c3C)C2c2ccco2)cc1. The molecule has 1 atom stereocenters. The normalized spacial score (nSPS) is 18.1. The Bertz CT molecular complexity index is 1140. The average Bonchev–Trinajstić information content (AvgIpc) is 3.37. The van der Waals surface area contributed by atoms with Gasteiger partial charge in [-0.3, -0.25) is 14.5 Å². The van der Waals surface area contributed by atoms with E-state index < -0.39 is 17.7 Å². The highest BCUT2D eigenvalue weighted by Gasteiger charge is 2.48. The number of amides is 1. The number of nitrogens with zero attached hydrogens (tertiary/aromatic N) is 1. The fourth-order valence-corrected chi connectivity index (χ4v) is 3.70. The molecule has 1 aliphatic heterocycles. The highest BCUT2D eigenvalue weighted by Crippen LogP contribution is 2.43. The fraction of sp³-hybridized carbons (Fsp3) is 0.167. The first-order chi connectivity index (χ1) is 14.4. The lowest BCUT2D eigenvalue weighted by molar-refractivity contribution is -0.132. The Kier molecular flexibility index (Phi) is 4.91. The monoisotopic (exact) mass is 403 g/mol. The van der Waals surface area contributed by atoms with Crippen molar-refractivity contribution in [2.75, 3.05) is 12.0 Å². The van der Waals surface area contributed by atoms with E-state index in [9.17, 15) is 14.7 Å². The van der Waals surface area contributed by atoms with E-state index in [1.807, 2.05) is 26.0 Å². The van der Waals surface area contributed by atoms with Gasteiger partial charge in [-0.1, -0.05) is 12.1 Å². The molecule has 0 saturated carbocycles. The zero-order valence-electron chi connectivity index (χ0n) is 16.9. The second-order valence-corrected chi connectivity index (χ2v) is 7.13. The third kappa shape index (κ3) is 3.06. The summed E-state index contributed by atoms with van der Waals surface area (Å²) in [6, 6.07) is 14.7. The number of carbonyl (C=O) groups excluding carboxylic acids is 2. The minimum atomic E-state index is -0.873. The summed E-state index contributed by atoms with van der Waals surface area (Å²) < 4.78 is 10.7. The number of ether oxygens (including phenoxy) is 1. The molecule has 6 nitrogen and oxygen atoms in total. The first-order valence-electron chi connectivity index (χ1n) is 9.49. The molecule has 0 spiro atoms. The summed E-state index contributed by atoms with van der Waals surface area (Å²) in [7, 11) is 1.54. The van der Waals surface area contributed by atoms with E-state index >= 15 is 0 Å². The number of benzene rings is 2. The van der Waals surface area contributed by atoms with Crippen molar-refractivity contribution in [3.8, 4) is 5.75 Å². The van der Waals surface area contributed by atoms with Crippen molar-refractivity contribution in [3.05, 3.63) is 88.9 Å². The third-order valence-electron chi connectivity index (χ3n) is 5.46. The number of hydrogen-bond acceptors (Lipinski definition) is 5. The van der Waals surface area contributed by atoms with E-state index in [-0.39, 0.29) is 11.3 Å². The van der Waals surface area contributed by atoms with Gasteiger partial charge >= 0.3 is 0 Å². The number of Topliss-reactive ketones (excluding diaryl/α,β-unsaturated/α-hetero) is 1. The molecule has 2 aromatic carbocycles. The molecule has 0 radical (unpaired) electrons. The number of methoxy groups -OCH3 is 1. The molecule has 1 aromatic heterocycles. The van der Waals surface area contributed by atoms with Gasteiger partial charge in [-0.25, -0.2) is 0 Å². The maximum absolute atomic E-state index is 13.1. The van der Waals surface area contributed by atoms with Crippen molar-refractivity contribution in [2.24, 2.45) is 0 Å². The summed E-state index contributed by atoms with van der Waals surface area (Å²) in [6.07, 6.45) is 1.48. The summed E-state index contributed by atoms with van der Waals surface area (Å²) in [4.78, 5) is 27.5. The zero-order chi connectivity index (χ0) is 21.4. The number of aliphatic hydroxyl groups excluding tert-OH is 1. The zero-order valence-corrected chi connectivity index (χ0v) is 16.9. The van der Waals surface area contributed by atoms with Crippen LogP contribution in [-0.2, 0) is 9.59 Å². The third-order valence-corrected chi connectivity index (χ3v) is 5.46. The molecule has 2 heterocycles. The number of rotatable bonds is 4. The van der Waals surface area contributed by atoms with Crippen LogP contribution in [0, 0.1) is 13.8 Å². The maximum atomic E-state index is 13.1. The summed E-state index contributed by atoms with van der Waals surface area (Å²) in [6.45, 7) is 3.83. The van der Waals surface area contributed by atoms with Crippen LogP contribution in [0.25, 0.3) is 5.76 Å². The van der Waals surface area contributed by atoms with Crippen LogP contribution >= 0.6 is 0 Å². The van der Waals surface area contributed by atoms with Crippen LogP contribution in [0.3, 0.4) is 0 Å². The van der Waals surface area contributed by atoms with Gasteiger partial charge in [-0.2, -0.15) is 0 Å². The summed E-state index contributed by atoms with van der Waals surface area (Å²) >= 11 is 0. The van der Waals surface area contributed by atoms with E-state index in [0.29, 0.717) is 22.8 Å². The van der Waals surface area contributed by atoms with Crippen molar-refractivity contribution < 1.29 is 23.8 Å². The first-order valence-corrected chi connectivity index (χ1v) is 9.49. The smallest absolute Gasteiger partial charge is 0.300 e. The first kappa shape index (κ1) is 19.5. The minimum Gasteiger partial charge on any atom is -0.507 e. The lowest BCUT2D eigenvalue weighted by Gasteiger charge is -2.25. The molecule has 1 unspecified atom stereocenters. The van der Waals surface area contributed by atoms with Crippen LogP contribution in [0.15, 0.2) is 70.9 Å². The van der Waals surface area contributed by atoms with Crippen LogP contribution in [0.1, 0.15) is 28.5 Å². The summed E-state index contributed by atoms with van der Waals surface area (Å²) in [5.41, 5.74) is 2.86. The molecule has 0 bridgehead atoms. The van der Waals surface area contributed by atoms with E-state index in [1.54, 1.807) is 49.6 Å². The van der Waals surface area contributed by atoms with E-state index in [4.69, 9.17) is 9.15 Å². The Morgan fingerprint density at radius 1 is 1.03 bits per heavy atom. The van der Waals surface area contributed by atoms with Crippen LogP contribution in [0.2, 0.25) is 0 Å². The molecule has 1 aliphatic rings. The van der Waals surface area contributed by atoms with Gasteiger partial charge in [0.05, 0.1) is 18.9 Å². The van der Waals surface area contributed by atoms with Crippen molar-refractivity contribution in [1.29, 1.82) is 0 Å². The Balaban J connectivity index is 1.93. The Hall–Kier alpha value is -3.80. The van der Waals surface area contributed by atoms with Crippen molar-refractivity contribution in [2.45, 2.75) is 19.9 Å². The van der Waals surface area contributed by atoms with Crippen LogP contribution < -0.4 is 9.64 Å². The van der Waals surface area contributed by atoms with Crippen molar-refractivity contribution >= 4 is 23.1 Å². The largest absolute Gasteiger partial charge is 0.507 e. The Labute approximate surface area is 174 Å². The van der Waals surface area contributed by atoms with Crippen LogP contribution in [0.4, 0.5) is 5.69 Å². The topological polar surface area (TPSA) is 80.0 Å². The average molecular weight is 403 g/mol. The molecule has 1 saturated heterocycles. The van der Waals surface area contributed by atoms with Crippen molar-refractivity contribution in [3.63, 3.8) is 0 Å². The number of carbonyl (C=O) groups is 2. The van der Waals surface area contributed by atoms with Gasteiger partial charge in [0.15, 0.2) is 0 Å². The number of ketones is 1. The number of aliphatic hydroxyl groups is 1. The molecule has 1 fully saturated rings. The summed E-state index contributed by atoms with van der Waals surface area (Å²) in [5, 5.41) is 11.0. The van der Waals surface area contributed by atoms with Gasteiger partial charge in [0.1, 0.15) is 23.3 Å². The highest BCUT2D eigenvalue weighted by atomic mass is 16.5. The van der Waals surface area contributed by atoms with Gasteiger partial charge < -0.3 is 14.3 Å². The second-order valence-electron chi connectivity index (χ2n) is 7.13. The van der Waals surface area contributed by atoms with Crippen molar-refractivity contribution in [1.82, 2.24) is 0 Å². The van der Waals surface area contributed by atoms with E-state index in [1.165, 1.54) is 11.2 Å². The minimum absolute atomic E-state index is 0.0129. The molecule has 152 valence electrons. The van der Waals surface area contributed by atoms with Gasteiger partial charge in [0, 0.05) is 11.3 Å². The predicted molar refractivity (Wildman–Crippen MR) is 112 cm³/mol. The molecule has 3 aromatic rings. The Morgan fingerprint density at radius 3 is 2.40 bits per heavy atom. The van der Waals surface area contributed by atoms with Gasteiger partial charge in [-0.05, 0) is 67.4 Å². The lowest BCUT2D eigenvalue weighted by Crippen LogP contribution is -2.30. The predicted octanol–water partition coefficient (Wildman–Crippen LogP) is 4.53. The number of aryl methyl sites for hydroxylation is 1. The number of anilines is 1. The quantitative estimate of drug-likeness (QED) is 0.393. The molecular formula is C24H21NO5. The molecular weight excluding hydrogens is 382 g/mol. The van der Waals surface area contributed by atoms with Gasteiger partial charge in [-0.15, -0.1) is 0 Å². The van der Waals surface area contributed by atoms with E-state index in [0.717, 1.165) is 11.1 Å². The number of furan rings is 1. The molecule has 1 N–H and O–H groups in total. The highest BCUT2D eigenvalue weighted by molar-refractivity contribution is 6.51. The molecule has 30 heavy (non-hydrogen) atoms.